The average Bonchev–Trinajstić information content (AvgIpc) is 3.26. The summed E-state index contributed by atoms with van der Waals surface area (Å²) in [5.74, 6) is 0.662. The van der Waals surface area contributed by atoms with Crippen LogP contribution in [0.1, 0.15) is 38.2 Å². The highest BCUT2D eigenvalue weighted by molar-refractivity contribution is 7.20. The minimum absolute atomic E-state index is 0.228. The van der Waals surface area contributed by atoms with E-state index in [1.807, 2.05) is 12.1 Å². The van der Waals surface area contributed by atoms with Crippen molar-refractivity contribution in [1.82, 2.24) is 15.2 Å². The molecule has 2 fully saturated rings. The summed E-state index contributed by atoms with van der Waals surface area (Å²) in [6.07, 6.45) is 5.37. The SMILES string of the molecule is CC(=O)N1[C@@H]2CC[C@H]1C[C@@H](NCCc1ccc(Oc3nc4cc(F)ccc4s3)cc1)C2. The van der Waals surface area contributed by atoms with Crippen LogP contribution in [0.3, 0.4) is 0 Å². The van der Waals surface area contributed by atoms with E-state index in [0.717, 1.165) is 49.1 Å². The Bertz CT molecular complexity index is 1070. The highest BCUT2D eigenvalue weighted by atomic mass is 32.1. The molecule has 31 heavy (non-hydrogen) atoms. The van der Waals surface area contributed by atoms with Crippen molar-refractivity contribution in [3.63, 3.8) is 0 Å². The molecule has 7 heteroatoms. The second-order valence-electron chi connectivity index (χ2n) is 8.52. The molecule has 2 aliphatic heterocycles. The first-order valence-corrected chi connectivity index (χ1v) is 11.7. The Morgan fingerprint density at radius 3 is 2.65 bits per heavy atom. The van der Waals surface area contributed by atoms with Crippen LogP contribution in [-0.2, 0) is 11.2 Å². The average molecular weight is 440 g/mol. The molecule has 1 aromatic heterocycles. The molecule has 3 heterocycles. The molecule has 2 aliphatic rings. The Hall–Kier alpha value is -2.51. The van der Waals surface area contributed by atoms with Gasteiger partial charge in [0.2, 0.25) is 5.91 Å². The number of benzene rings is 2. The molecule has 1 amide bonds. The molecule has 0 spiro atoms. The molecule has 2 saturated heterocycles. The lowest BCUT2D eigenvalue weighted by atomic mass is 9.97. The van der Waals surface area contributed by atoms with Crippen molar-refractivity contribution >= 4 is 27.5 Å². The van der Waals surface area contributed by atoms with Crippen LogP contribution in [0.2, 0.25) is 0 Å². The molecule has 0 saturated carbocycles. The molecular formula is C24H26FN3O2S. The predicted molar refractivity (Wildman–Crippen MR) is 120 cm³/mol. The maximum Gasteiger partial charge on any atom is 0.279 e. The number of hydrogen-bond acceptors (Lipinski definition) is 5. The Kier molecular flexibility index (Phi) is 5.63. The molecular weight excluding hydrogens is 413 g/mol. The maximum absolute atomic E-state index is 13.3. The number of carbonyl (C=O) groups excluding carboxylic acids is 1. The van der Waals surface area contributed by atoms with E-state index in [9.17, 15) is 9.18 Å². The minimum atomic E-state index is -0.292. The van der Waals surface area contributed by atoms with E-state index in [1.54, 1.807) is 13.0 Å². The van der Waals surface area contributed by atoms with Crippen LogP contribution >= 0.6 is 11.3 Å². The fraction of sp³-hybridized carbons (Fsp3) is 0.417. The van der Waals surface area contributed by atoms with Gasteiger partial charge in [0.1, 0.15) is 11.6 Å². The number of halogens is 1. The van der Waals surface area contributed by atoms with Crippen LogP contribution in [0.25, 0.3) is 10.2 Å². The van der Waals surface area contributed by atoms with Gasteiger partial charge in [-0.25, -0.2) is 9.37 Å². The summed E-state index contributed by atoms with van der Waals surface area (Å²) < 4.78 is 20.1. The molecule has 2 aromatic carbocycles. The van der Waals surface area contributed by atoms with Crippen molar-refractivity contribution in [2.24, 2.45) is 0 Å². The van der Waals surface area contributed by atoms with Crippen molar-refractivity contribution in [3.05, 3.63) is 53.8 Å². The van der Waals surface area contributed by atoms with Gasteiger partial charge >= 0.3 is 0 Å². The zero-order valence-corrected chi connectivity index (χ0v) is 18.3. The van der Waals surface area contributed by atoms with Gasteiger partial charge in [0.25, 0.3) is 5.19 Å². The van der Waals surface area contributed by atoms with Crippen LogP contribution < -0.4 is 10.1 Å². The molecule has 0 radical (unpaired) electrons. The number of nitrogens with one attached hydrogen (secondary N) is 1. The first kappa shape index (κ1) is 20.4. The summed E-state index contributed by atoms with van der Waals surface area (Å²) in [6.45, 7) is 2.62. The highest BCUT2D eigenvalue weighted by Gasteiger charge is 2.41. The van der Waals surface area contributed by atoms with E-state index in [2.05, 4.69) is 27.3 Å². The van der Waals surface area contributed by atoms with Gasteiger partial charge in [0, 0.05) is 31.1 Å². The van der Waals surface area contributed by atoms with Gasteiger partial charge < -0.3 is 15.0 Å². The predicted octanol–water partition coefficient (Wildman–Crippen LogP) is 4.90. The summed E-state index contributed by atoms with van der Waals surface area (Å²) in [5, 5.41) is 4.21. The Balaban J connectivity index is 1.12. The van der Waals surface area contributed by atoms with Gasteiger partial charge in [0.05, 0.1) is 10.2 Å². The van der Waals surface area contributed by atoms with Gasteiger partial charge in [0.15, 0.2) is 0 Å². The number of hydrogen-bond donors (Lipinski definition) is 1. The van der Waals surface area contributed by atoms with Crippen LogP contribution in [0, 0.1) is 5.82 Å². The Morgan fingerprint density at radius 1 is 1.19 bits per heavy atom. The van der Waals surface area contributed by atoms with Crippen molar-refractivity contribution in [2.45, 2.75) is 57.2 Å². The summed E-state index contributed by atoms with van der Waals surface area (Å²) in [7, 11) is 0. The third kappa shape index (κ3) is 4.43. The number of amides is 1. The van der Waals surface area contributed by atoms with E-state index < -0.39 is 0 Å². The van der Waals surface area contributed by atoms with Crippen LogP contribution in [0.15, 0.2) is 42.5 Å². The molecule has 1 N–H and O–H groups in total. The fourth-order valence-electron chi connectivity index (χ4n) is 5.03. The van der Waals surface area contributed by atoms with E-state index in [-0.39, 0.29) is 11.7 Å². The lowest BCUT2D eigenvalue weighted by Gasteiger charge is -2.38. The van der Waals surface area contributed by atoms with E-state index in [1.165, 1.54) is 29.0 Å². The van der Waals surface area contributed by atoms with Gasteiger partial charge in [-0.1, -0.05) is 23.5 Å². The largest absolute Gasteiger partial charge is 0.431 e. The van der Waals surface area contributed by atoms with Crippen molar-refractivity contribution in [2.75, 3.05) is 6.54 Å². The maximum atomic E-state index is 13.3. The van der Waals surface area contributed by atoms with Gasteiger partial charge in [-0.3, -0.25) is 4.79 Å². The normalized spacial score (nSPS) is 22.8. The number of piperidine rings is 1. The molecule has 3 atom stereocenters. The summed E-state index contributed by atoms with van der Waals surface area (Å²) in [6, 6.07) is 14.0. The molecule has 162 valence electrons. The molecule has 0 unspecified atom stereocenters. The Morgan fingerprint density at radius 2 is 1.94 bits per heavy atom. The summed E-state index contributed by atoms with van der Waals surface area (Å²) >= 11 is 1.41. The first-order chi connectivity index (χ1) is 15.0. The molecule has 3 aromatic rings. The third-order valence-corrected chi connectivity index (χ3v) is 7.32. The van der Waals surface area contributed by atoms with Crippen molar-refractivity contribution < 1.29 is 13.9 Å². The molecule has 5 rings (SSSR count). The van der Waals surface area contributed by atoms with E-state index >= 15 is 0 Å². The lowest BCUT2D eigenvalue weighted by Crippen LogP contribution is -2.51. The highest BCUT2D eigenvalue weighted by Crippen LogP contribution is 2.36. The second kappa shape index (κ2) is 8.55. The van der Waals surface area contributed by atoms with Crippen LogP contribution in [0.5, 0.6) is 10.9 Å². The fourth-order valence-corrected chi connectivity index (χ4v) is 5.84. The topological polar surface area (TPSA) is 54.5 Å². The first-order valence-electron chi connectivity index (χ1n) is 10.9. The van der Waals surface area contributed by atoms with Crippen LogP contribution in [-0.4, -0.2) is 40.5 Å². The Labute approximate surface area is 185 Å². The van der Waals surface area contributed by atoms with Gasteiger partial charge in [-0.2, -0.15) is 0 Å². The monoisotopic (exact) mass is 439 g/mol. The summed E-state index contributed by atoms with van der Waals surface area (Å²) in [4.78, 5) is 18.3. The standard InChI is InChI=1S/C24H26FN3O2S/c1-15(29)28-19-5-6-20(28)14-18(13-19)26-11-10-16-2-7-21(8-3-16)30-24-27-22-12-17(25)4-9-23(22)31-24/h2-4,7-9,12,18-20,26H,5-6,10-11,13-14H2,1H3/t18-,19+,20-. The smallest absolute Gasteiger partial charge is 0.279 e. The number of aromatic nitrogens is 1. The van der Waals surface area contributed by atoms with Crippen LogP contribution in [0.4, 0.5) is 4.39 Å². The lowest BCUT2D eigenvalue weighted by molar-refractivity contribution is -0.133. The number of carbonyl (C=O) groups is 1. The zero-order valence-electron chi connectivity index (χ0n) is 17.5. The molecule has 2 bridgehead atoms. The van der Waals surface area contributed by atoms with E-state index in [0.29, 0.717) is 28.8 Å². The van der Waals surface area contributed by atoms with Crippen molar-refractivity contribution in [1.29, 1.82) is 0 Å². The number of nitrogens with zero attached hydrogens (tertiary/aromatic N) is 2. The number of thiazole rings is 1. The number of ether oxygens (including phenoxy) is 1. The molecule has 5 nitrogen and oxygen atoms in total. The number of fused-ring (bicyclic) bond motifs is 3. The number of rotatable bonds is 6. The minimum Gasteiger partial charge on any atom is -0.431 e. The summed E-state index contributed by atoms with van der Waals surface area (Å²) in [5.41, 5.74) is 1.86. The van der Waals surface area contributed by atoms with Crippen molar-refractivity contribution in [3.8, 4) is 10.9 Å². The zero-order chi connectivity index (χ0) is 21.4. The van der Waals surface area contributed by atoms with Gasteiger partial charge in [-0.15, -0.1) is 0 Å². The second-order valence-corrected chi connectivity index (χ2v) is 9.51. The van der Waals surface area contributed by atoms with Gasteiger partial charge in [-0.05, 0) is 68.5 Å². The molecule has 0 aliphatic carbocycles. The third-order valence-electron chi connectivity index (χ3n) is 6.40. The van der Waals surface area contributed by atoms with E-state index in [4.69, 9.17) is 4.74 Å². The quantitative estimate of drug-likeness (QED) is 0.593.